The smallest absolute Gasteiger partial charge is 0.257 e. The molecule has 6 nitrogen and oxygen atoms in total. The standard InChI is InChI=1S/C20H19N3O3/c1-3-26-15-8-6-7-14(11-15)23-19(24)12-18(20(23)25)22-13(2)21-16-9-4-5-10-17(16)22/h4-11,18H,3,12H2,1-2H3/t18-/m1/s1. The van der Waals surface area contributed by atoms with E-state index in [1.54, 1.807) is 18.2 Å². The summed E-state index contributed by atoms with van der Waals surface area (Å²) >= 11 is 0. The second kappa shape index (κ2) is 6.29. The molecule has 1 aliphatic heterocycles. The Hall–Kier alpha value is -3.15. The fourth-order valence-corrected chi connectivity index (χ4v) is 3.53. The number of hydrogen-bond acceptors (Lipinski definition) is 4. The number of imide groups is 1. The van der Waals surface area contributed by atoms with Crippen LogP contribution in [0, 0.1) is 6.92 Å². The first-order valence-corrected chi connectivity index (χ1v) is 8.63. The van der Waals surface area contributed by atoms with Crippen molar-refractivity contribution in [1.29, 1.82) is 0 Å². The lowest BCUT2D eigenvalue weighted by molar-refractivity contribution is -0.122. The molecule has 0 N–H and O–H groups in total. The molecule has 1 aliphatic rings. The molecule has 132 valence electrons. The van der Waals surface area contributed by atoms with E-state index >= 15 is 0 Å². The highest BCUT2D eigenvalue weighted by Gasteiger charge is 2.41. The summed E-state index contributed by atoms with van der Waals surface area (Å²) in [5.74, 6) is 0.904. The van der Waals surface area contributed by atoms with Crippen LogP contribution in [0.1, 0.15) is 25.2 Å². The highest BCUT2D eigenvalue weighted by atomic mass is 16.5. The summed E-state index contributed by atoms with van der Waals surface area (Å²) in [6, 6.07) is 14.1. The molecule has 0 bridgehead atoms. The maximum absolute atomic E-state index is 13.1. The van der Waals surface area contributed by atoms with Crippen LogP contribution in [0.3, 0.4) is 0 Å². The van der Waals surface area contributed by atoms with E-state index in [1.165, 1.54) is 4.90 Å². The van der Waals surface area contributed by atoms with Gasteiger partial charge in [0.15, 0.2) is 0 Å². The topological polar surface area (TPSA) is 64.4 Å². The van der Waals surface area contributed by atoms with Crippen LogP contribution in [0.5, 0.6) is 5.75 Å². The number of rotatable bonds is 4. The Kier molecular flexibility index (Phi) is 3.95. The number of fused-ring (bicyclic) bond motifs is 1. The first-order valence-electron chi connectivity index (χ1n) is 8.63. The van der Waals surface area contributed by atoms with Gasteiger partial charge in [0.25, 0.3) is 5.91 Å². The quantitative estimate of drug-likeness (QED) is 0.678. The number of benzene rings is 2. The van der Waals surface area contributed by atoms with Gasteiger partial charge >= 0.3 is 0 Å². The van der Waals surface area contributed by atoms with Crippen LogP contribution in [-0.4, -0.2) is 28.0 Å². The Morgan fingerprint density at radius 3 is 2.77 bits per heavy atom. The van der Waals surface area contributed by atoms with E-state index in [2.05, 4.69) is 4.98 Å². The minimum absolute atomic E-state index is 0.124. The van der Waals surface area contributed by atoms with Crippen LogP contribution in [0.4, 0.5) is 5.69 Å². The number of anilines is 1. The zero-order valence-corrected chi connectivity index (χ0v) is 14.7. The highest BCUT2D eigenvalue weighted by molar-refractivity contribution is 6.22. The SMILES string of the molecule is CCOc1cccc(N2C(=O)C[C@@H](n3c(C)nc4ccccc43)C2=O)c1. The monoisotopic (exact) mass is 349 g/mol. The lowest BCUT2D eigenvalue weighted by Crippen LogP contribution is -2.31. The second-order valence-corrected chi connectivity index (χ2v) is 6.24. The number of amides is 2. The van der Waals surface area contributed by atoms with Crippen LogP contribution in [0.25, 0.3) is 11.0 Å². The van der Waals surface area contributed by atoms with Crippen molar-refractivity contribution >= 4 is 28.5 Å². The van der Waals surface area contributed by atoms with Crippen molar-refractivity contribution < 1.29 is 14.3 Å². The molecule has 1 saturated heterocycles. The first kappa shape index (κ1) is 16.3. The van der Waals surface area contributed by atoms with Crippen LogP contribution in [0.2, 0.25) is 0 Å². The number of para-hydroxylation sites is 2. The van der Waals surface area contributed by atoms with E-state index in [-0.39, 0.29) is 18.2 Å². The molecular formula is C20H19N3O3. The summed E-state index contributed by atoms with van der Waals surface area (Å²) in [4.78, 5) is 31.5. The average Bonchev–Trinajstić information content (AvgIpc) is 3.10. The molecule has 3 aromatic rings. The third-order valence-corrected chi connectivity index (χ3v) is 4.59. The molecule has 2 amide bonds. The largest absolute Gasteiger partial charge is 0.494 e. The average molecular weight is 349 g/mol. The van der Waals surface area contributed by atoms with Gasteiger partial charge < -0.3 is 9.30 Å². The molecular weight excluding hydrogens is 330 g/mol. The number of carbonyl (C=O) groups excluding carboxylic acids is 2. The Morgan fingerprint density at radius 1 is 1.15 bits per heavy atom. The van der Waals surface area contributed by atoms with Gasteiger partial charge in [-0.1, -0.05) is 18.2 Å². The molecule has 0 saturated carbocycles. The zero-order valence-electron chi connectivity index (χ0n) is 14.7. The molecule has 4 rings (SSSR count). The number of imidazole rings is 1. The normalized spacial score (nSPS) is 17.3. The summed E-state index contributed by atoms with van der Waals surface area (Å²) in [5, 5.41) is 0. The van der Waals surface area contributed by atoms with Gasteiger partial charge in [0.2, 0.25) is 5.91 Å². The van der Waals surface area contributed by atoms with Crippen LogP contribution >= 0.6 is 0 Å². The summed E-state index contributed by atoms with van der Waals surface area (Å²) in [7, 11) is 0. The number of aryl methyl sites for hydroxylation is 1. The predicted octanol–water partition coefficient (Wildman–Crippen LogP) is 3.25. The van der Waals surface area contributed by atoms with E-state index in [1.807, 2.05) is 48.7 Å². The van der Waals surface area contributed by atoms with E-state index in [4.69, 9.17) is 4.74 Å². The zero-order chi connectivity index (χ0) is 18.3. The van der Waals surface area contributed by atoms with Crippen molar-refractivity contribution in [2.45, 2.75) is 26.3 Å². The molecule has 2 aromatic carbocycles. The molecule has 0 radical (unpaired) electrons. The van der Waals surface area contributed by atoms with Gasteiger partial charge in [-0.25, -0.2) is 9.88 Å². The van der Waals surface area contributed by atoms with Crippen molar-refractivity contribution in [2.75, 3.05) is 11.5 Å². The van der Waals surface area contributed by atoms with Gasteiger partial charge in [0.05, 0.1) is 29.7 Å². The molecule has 2 heterocycles. The van der Waals surface area contributed by atoms with Gasteiger partial charge in [-0.15, -0.1) is 0 Å². The van der Waals surface area contributed by atoms with Crippen molar-refractivity contribution in [3.63, 3.8) is 0 Å². The van der Waals surface area contributed by atoms with Crippen molar-refractivity contribution in [3.8, 4) is 5.75 Å². The number of ether oxygens (including phenoxy) is 1. The Bertz CT molecular complexity index is 1010. The van der Waals surface area contributed by atoms with Gasteiger partial charge in [0, 0.05) is 6.07 Å². The molecule has 6 heteroatoms. The van der Waals surface area contributed by atoms with Gasteiger partial charge in [0.1, 0.15) is 17.6 Å². The Balaban J connectivity index is 1.73. The molecule has 0 aliphatic carbocycles. The van der Waals surface area contributed by atoms with Crippen LogP contribution in [-0.2, 0) is 9.59 Å². The van der Waals surface area contributed by atoms with Crippen molar-refractivity contribution in [1.82, 2.24) is 9.55 Å². The maximum atomic E-state index is 13.1. The summed E-state index contributed by atoms with van der Waals surface area (Å²) < 4.78 is 7.35. The number of carbonyl (C=O) groups is 2. The molecule has 0 unspecified atom stereocenters. The molecule has 1 aromatic heterocycles. The lowest BCUT2D eigenvalue weighted by atomic mass is 10.2. The van der Waals surface area contributed by atoms with E-state index in [9.17, 15) is 9.59 Å². The van der Waals surface area contributed by atoms with E-state index < -0.39 is 6.04 Å². The maximum Gasteiger partial charge on any atom is 0.257 e. The van der Waals surface area contributed by atoms with Crippen LogP contribution < -0.4 is 9.64 Å². The summed E-state index contributed by atoms with van der Waals surface area (Å²) in [5.41, 5.74) is 2.22. The minimum atomic E-state index is -0.578. The third-order valence-electron chi connectivity index (χ3n) is 4.59. The number of nitrogens with zero attached hydrogens (tertiary/aromatic N) is 3. The fraction of sp³-hybridized carbons (Fsp3) is 0.250. The number of hydrogen-bond donors (Lipinski definition) is 0. The Morgan fingerprint density at radius 2 is 1.96 bits per heavy atom. The molecule has 0 spiro atoms. The lowest BCUT2D eigenvalue weighted by Gasteiger charge is -2.17. The summed E-state index contributed by atoms with van der Waals surface area (Å²) in [6.07, 6.45) is 0.124. The second-order valence-electron chi connectivity index (χ2n) is 6.24. The highest BCUT2D eigenvalue weighted by Crippen LogP contribution is 2.34. The van der Waals surface area contributed by atoms with Gasteiger partial charge in [-0.3, -0.25) is 9.59 Å². The van der Waals surface area contributed by atoms with Crippen molar-refractivity contribution in [2.24, 2.45) is 0 Å². The summed E-state index contributed by atoms with van der Waals surface area (Å²) in [6.45, 7) is 4.27. The van der Waals surface area contributed by atoms with Crippen LogP contribution in [0.15, 0.2) is 48.5 Å². The van der Waals surface area contributed by atoms with E-state index in [0.717, 1.165) is 16.9 Å². The number of aromatic nitrogens is 2. The third kappa shape index (κ3) is 2.54. The first-order chi connectivity index (χ1) is 12.6. The minimum Gasteiger partial charge on any atom is -0.494 e. The molecule has 1 atom stereocenters. The Labute approximate surface area is 151 Å². The van der Waals surface area contributed by atoms with Crippen molar-refractivity contribution in [3.05, 3.63) is 54.4 Å². The predicted molar refractivity (Wildman–Crippen MR) is 98.2 cm³/mol. The van der Waals surface area contributed by atoms with Gasteiger partial charge in [-0.2, -0.15) is 0 Å². The van der Waals surface area contributed by atoms with E-state index in [0.29, 0.717) is 18.0 Å². The van der Waals surface area contributed by atoms with Gasteiger partial charge in [-0.05, 0) is 38.1 Å². The molecule has 1 fully saturated rings. The molecule has 26 heavy (non-hydrogen) atoms. The fourth-order valence-electron chi connectivity index (χ4n) is 3.53.